The van der Waals surface area contributed by atoms with Gasteiger partial charge in [-0.05, 0) is 30.7 Å². The Kier molecular flexibility index (Phi) is 4.04. The molecule has 0 saturated carbocycles. The molecule has 1 aromatic carbocycles. The Hall–Kier alpha value is -1.95. The molecule has 0 radical (unpaired) electrons. The quantitative estimate of drug-likeness (QED) is 0.930. The molecule has 0 aliphatic heterocycles. The number of rotatable bonds is 4. The van der Waals surface area contributed by atoms with Crippen molar-refractivity contribution < 1.29 is 27.4 Å². The van der Waals surface area contributed by atoms with Crippen molar-refractivity contribution in [3.8, 4) is 5.75 Å². The molecule has 2 rings (SSSR count). The summed E-state index contributed by atoms with van der Waals surface area (Å²) in [5.74, 6) is 0.338. The number of alkyl halides is 3. The van der Waals surface area contributed by atoms with Gasteiger partial charge < -0.3 is 14.3 Å². The van der Waals surface area contributed by atoms with Gasteiger partial charge in [-0.2, -0.15) is 0 Å². The maximum absolute atomic E-state index is 12.0. The summed E-state index contributed by atoms with van der Waals surface area (Å²) < 4.78 is 44.9. The van der Waals surface area contributed by atoms with Crippen LogP contribution in [0.1, 0.15) is 23.0 Å². The fraction of sp³-hybridized carbons (Fsp3) is 0.286. The zero-order valence-electron chi connectivity index (χ0n) is 10.6. The van der Waals surface area contributed by atoms with Crippen molar-refractivity contribution in [1.82, 2.24) is 0 Å². The zero-order chi connectivity index (χ0) is 14.8. The van der Waals surface area contributed by atoms with Crippen LogP contribution in [0.5, 0.6) is 5.75 Å². The third kappa shape index (κ3) is 3.77. The fourth-order valence-corrected chi connectivity index (χ4v) is 1.90. The standard InChI is InChI=1S/C14H13F3O3/c1-9-12(6-7-19-9)13(18)8-10-2-4-11(5-3-10)20-14(15,16)17/h2-7,13,18H,8H2,1H3. The monoisotopic (exact) mass is 286 g/mol. The molecule has 1 aromatic heterocycles. The zero-order valence-corrected chi connectivity index (χ0v) is 10.6. The van der Waals surface area contributed by atoms with Crippen molar-refractivity contribution >= 4 is 0 Å². The number of hydrogen-bond acceptors (Lipinski definition) is 3. The molecule has 0 spiro atoms. The van der Waals surface area contributed by atoms with Crippen LogP contribution in [0, 0.1) is 6.92 Å². The van der Waals surface area contributed by atoms with Crippen molar-refractivity contribution in [3.63, 3.8) is 0 Å². The van der Waals surface area contributed by atoms with Crippen LogP contribution < -0.4 is 4.74 Å². The van der Waals surface area contributed by atoms with E-state index in [1.54, 1.807) is 13.0 Å². The van der Waals surface area contributed by atoms with Gasteiger partial charge in [0.05, 0.1) is 12.4 Å². The maximum Gasteiger partial charge on any atom is 0.573 e. The van der Waals surface area contributed by atoms with E-state index in [4.69, 9.17) is 4.42 Å². The van der Waals surface area contributed by atoms with E-state index >= 15 is 0 Å². The molecule has 0 aliphatic carbocycles. The molecule has 3 nitrogen and oxygen atoms in total. The fourth-order valence-electron chi connectivity index (χ4n) is 1.90. The minimum absolute atomic E-state index is 0.282. The van der Waals surface area contributed by atoms with Gasteiger partial charge in [-0.1, -0.05) is 12.1 Å². The molecular weight excluding hydrogens is 273 g/mol. The van der Waals surface area contributed by atoms with Gasteiger partial charge in [0, 0.05) is 12.0 Å². The summed E-state index contributed by atoms with van der Waals surface area (Å²) in [6.07, 6.45) is -3.70. The van der Waals surface area contributed by atoms with Crippen LogP contribution in [0.15, 0.2) is 41.0 Å². The summed E-state index contributed by atoms with van der Waals surface area (Å²) >= 11 is 0. The molecule has 0 bridgehead atoms. The van der Waals surface area contributed by atoms with Crippen LogP contribution in [0.2, 0.25) is 0 Å². The van der Waals surface area contributed by atoms with Gasteiger partial charge in [0.2, 0.25) is 0 Å². The average Bonchev–Trinajstić information content (AvgIpc) is 2.76. The number of hydrogen-bond donors (Lipinski definition) is 1. The van der Waals surface area contributed by atoms with Crippen LogP contribution in [-0.4, -0.2) is 11.5 Å². The molecule has 1 unspecified atom stereocenters. The maximum atomic E-state index is 12.0. The van der Waals surface area contributed by atoms with Gasteiger partial charge in [-0.3, -0.25) is 0 Å². The third-order valence-electron chi connectivity index (χ3n) is 2.84. The Morgan fingerprint density at radius 2 is 1.85 bits per heavy atom. The molecule has 0 amide bonds. The topological polar surface area (TPSA) is 42.6 Å². The molecule has 0 fully saturated rings. The van der Waals surface area contributed by atoms with Crippen molar-refractivity contribution in [3.05, 3.63) is 53.5 Å². The molecule has 0 saturated heterocycles. The Balaban J connectivity index is 2.02. The predicted molar refractivity (Wildman–Crippen MR) is 65.2 cm³/mol. The lowest BCUT2D eigenvalue weighted by Gasteiger charge is -2.11. The number of halogens is 3. The van der Waals surface area contributed by atoms with E-state index in [0.717, 1.165) is 0 Å². The lowest BCUT2D eigenvalue weighted by Crippen LogP contribution is -2.17. The Bertz CT molecular complexity index is 558. The highest BCUT2D eigenvalue weighted by molar-refractivity contribution is 5.29. The van der Waals surface area contributed by atoms with Crippen molar-refractivity contribution in [1.29, 1.82) is 0 Å². The van der Waals surface area contributed by atoms with Gasteiger partial charge in [0.1, 0.15) is 11.5 Å². The summed E-state index contributed by atoms with van der Waals surface area (Å²) in [6, 6.07) is 7.08. The molecule has 0 aliphatic rings. The summed E-state index contributed by atoms with van der Waals surface area (Å²) in [5, 5.41) is 10.0. The van der Waals surface area contributed by atoms with E-state index in [9.17, 15) is 18.3 Å². The molecule has 20 heavy (non-hydrogen) atoms. The number of aliphatic hydroxyl groups excluding tert-OH is 1. The molecule has 1 N–H and O–H groups in total. The number of benzene rings is 1. The minimum atomic E-state index is -4.70. The summed E-state index contributed by atoms with van der Waals surface area (Å²) in [6.45, 7) is 1.73. The predicted octanol–water partition coefficient (Wildman–Crippen LogP) is 3.76. The van der Waals surface area contributed by atoms with E-state index in [2.05, 4.69) is 4.74 Å². The normalized spacial score (nSPS) is 13.2. The van der Waals surface area contributed by atoms with Crippen LogP contribution in [-0.2, 0) is 6.42 Å². The van der Waals surface area contributed by atoms with Gasteiger partial charge in [0.25, 0.3) is 0 Å². The van der Waals surface area contributed by atoms with Crippen LogP contribution in [0.3, 0.4) is 0 Å². The van der Waals surface area contributed by atoms with Crippen LogP contribution >= 0.6 is 0 Å². The highest BCUT2D eigenvalue weighted by Gasteiger charge is 2.30. The van der Waals surface area contributed by atoms with E-state index < -0.39 is 12.5 Å². The Morgan fingerprint density at radius 1 is 1.20 bits per heavy atom. The molecular formula is C14H13F3O3. The van der Waals surface area contributed by atoms with E-state index in [0.29, 0.717) is 16.9 Å². The van der Waals surface area contributed by atoms with E-state index in [1.165, 1.54) is 30.5 Å². The highest BCUT2D eigenvalue weighted by Crippen LogP contribution is 2.25. The largest absolute Gasteiger partial charge is 0.573 e. The van der Waals surface area contributed by atoms with Crippen molar-refractivity contribution in [2.24, 2.45) is 0 Å². The second-order valence-electron chi connectivity index (χ2n) is 4.34. The SMILES string of the molecule is Cc1occc1C(O)Cc1ccc(OC(F)(F)F)cc1. The second-order valence-corrected chi connectivity index (χ2v) is 4.34. The lowest BCUT2D eigenvalue weighted by atomic mass is 10.0. The second kappa shape index (κ2) is 5.58. The average molecular weight is 286 g/mol. The number of aryl methyl sites for hydroxylation is 1. The molecule has 6 heteroatoms. The first-order valence-corrected chi connectivity index (χ1v) is 5.92. The van der Waals surface area contributed by atoms with Crippen molar-refractivity contribution in [2.45, 2.75) is 25.8 Å². The Morgan fingerprint density at radius 3 is 2.35 bits per heavy atom. The number of aliphatic hydroxyl groups is 1. The Labute approximate surface area is 113 Å². The number of ether oxygens (including phenoxy) is 1. The van der Waals surface area contributed by atoms with Crippen molar-refractivity contribution in [2.75, 3.05) is 0 Å². The highest BCUT2D eigenvalue weighted by atomic mass is 19.4. The summed E-state index contributed by atoms with van der Waals surface area (Å²) in [5.41, 5.74) is 1.37. The van der Waals surface area contributed by atoms with E-state index in [-0.39, 0.29) is 12.2 Å². The van der Waals surface area contributed by atoms with E-state index in [1.807, 2.05) is 0 Å². The lowest BCUT2D eigenvalue weighted by molar-refractivity contribution is -0.274. The molecule has 108 valence electrons. The first-order valence-electron chi connectivity index (χ1n) is 5.92. The van der Waals surface area contributed by atoms with Gasteiger partial charge in [-0.25, -0.2) is 0 Å². The smallest absolute Gasteiger partial charge is 0.469 e. The third-order valence-corrected chi connectivity index (χ3v) is 2.84. The van der Waals surface area contributed by atoms with Gasteiger partial charge in [0.15, 0.2) is 0 Å². The molecule has 1 heterocycles. The number of furan rings is 1. The van der Waals surface area contributed by atoms with Gasteiger partial charge >= 0.3 is 6.36 Å². The van der Waals surface area contributed by atoms with Crippen LogP contribution in [0.25, 0.3) is 0 Å². The molecule has 2 aromatic rings. The minimum Gasteiger partial charge on any atom is -0.469 e. The first-order chi connectivity index (χ1) is 9.35. The summed E-state index contributed by atoms with van der Waals surface area (Å²) in [7, 11) is 0. The van der Waals surface area contributed by atoms with Gasteiger partial charge in [-0.15, -0.1) is 13.2 Å². The molecule has 1 atom stereocenters. The van der Waals surface area contributed by atoms with Crippen LogP contribution in [0.4, 0.5) is 13.2 Å². The first kappa shape index (κ1) is 14.5. The summed E-state index contributed by atoms with van der Waals surface area (Å²) in [4.78, 5) is 0.